The second kappa shape index (κ2) is 4.58. The van der Waals surface area contributed by atoms with E-state index in [-0.39, 0.29) is 0 Å². The molecule has 1 heterocycles. The van der Waals surface area contributed by atoms with Gasteiger partial charge in [-0.3, -0.25) is 0 Å². The van der Waals surface area contributed by atoms with E-state index < -0.39 is 0 Å². The Hall–Kier alpha value is -0.830. The molecule has 0 unspecified atom stereocenters. The number of aryl methyl sites for hydroxylation is 1. The van der Waals surface area contributed by atoms with E-state index in [4.69, 9.17) is 0 Å². The van der Waals surface area contributed by atoms with E-state index in [0.29, 0.717) is 5.41 Å². The Labute approximate surface area is 98.3 Å². The maximum Gasteiger partial charge on any atom is 0.122 e. The highest BCUT2D eigenvalue weighted by atomic mass is 15.1. The molecule has 0 spiro atoms. The number of imidazole rings is 1. The van der Waals surface area contributed by atoms with Gasteiger partial charge in [0, 0.05) is 26.0 Å². The monoisotopic (exact) mass is 221 g/mol. The zero-order valence-corrected chi connectivity index (χ0v) is 10.7. The maximum absolute atomic E-state index is 4.32. The standard InChI is InChI=1S/C13H23N3/c1-11(2)8-13(4-5-13)10-14-9-12-15-6-7-16(12)3/h6-7,11,14H,4-5,8-10H2,1-3H3. The normalized spacial score (nSPS) is 18.0. The molecule has 1 N–H and O–H groups in total. The Morgan fingerprint density at radius 2 is 2.25 bits per heavy atom. The van der Waals surface area contributed by atoms with Crippen LogP contribution in [-0.4, -0.2) is 16.1 Å². The van der Waals surface area contributed by atoms with Crippen molar-refractivity contribution in [3.63, 3.8) is 0 Å². The molecule has 1 aromatic heterocycles. The minimum Gasteiger partial charge on any atom is -0.337 e. The van der Waals surface area contributed by atoms with E-state index in [9.17, 15) is 0 Å². The molecule has 1 fully saturated rings. The lowest BCUT2D eigenvalue weighted by Crippen LogP contribution is -2.25. The Balaban J connectivity index is 1.74. The topological polar surface area (TPSA) is 29.9 Å². The molecule has 3 heteroatoms. The van der Waals surface area contributed by atoms with Crippen LogP contribution in [-0.2, 0) is 13.6 Å². The number of nitrogens with one attached hydrogen (secondary N) is 1. The number of hydrogen-bond donors (Lipinski definition) is 1. The van der Waals surface area contributed by atoms with Crippen molar-refractivity contribution in [3.8, 4) is 0 Å². The third-order valence-electron chi connectivity index (χ3n) is 3.50. The lowest BCUT2D eigenvalue weighted by atomic mass is 9.94. The molecule has 0 amide bonds. The van der Waals surface area contributed by atoms with Gasteiger partial charge in [-0.2, -0.15) is 0 Å². The highest BCUT2D eigenvalue weighted by Gasteiger charge is 2.42. The molecule has 3 nitrogen and oxygen atoms in total. The molecular weight excluding hydrogens is 198 g/mol. The summed E-state index contributed by atoms with van der Waals surface area (Å²) >= 11 is 0. The molecule has 0 atom stereocenters. The summed E-state index contributed by atoms with van der Waals surface area (Å²) in [5, 5.41) is 3.55. The van der Waals surface area contributed by atoms with Gasteiger partial charge in [0.05, 0.1) is 6.54 Å². The van der Waals surface area contributed by atoms with Crippen LogP contribution in [0.4, 0.5) is 0 Å². The first-order valence-electron chi connectivity index (χ1n) is 6.28. The minimum absolute atomic E-state index is 0.610. The van der Waals surface area contributed by atoms with Crippen molar-refractivity contribution in [2.75, 3.05) is 6.54 Å². The molecule has 0 aromatic carbocycles. The van der Waals surface area contributed by atoms with E-state index in [1.54, 1.807) is 0 Å². The zero-order valence-electron chi connectivity index (χ0n) is 10.7. The van der Waals surface area contributed by atoms with Gasteiger partial charge in [-0.15, -0.1) is 0 Å². The second-order valence-electron chi connectivity index (χ2n) is 5.66. The maximum atomic E-state index is 4.32. The molecule has 0 radical (unpaired) electrons. The smallest absolute Gasteiger partial charge is 0.122 e. The summed E-state index contributed by atoms with van der Waals surface area (Å²) in [6, 6.07) is 0. The fourth-order valence-electron chi connectivity index (χ4n) is 2.50. The number of hydrogen-bond acceptors (Lipinski definition) is 2. The highest BCUT2D eigenvalue weighted by Crippen LogP contribution is 2.49. The van der Waals surface area contributed by atoms with E-state index in [1.807, 2.05) is 19.4 Å². The van der Waals surface area contributed by atoms with Crippen molar-refractivity contribution in [1.29, 1.82) is 0 Å². The summed E-state index contributed by atoms with van der Waals surface area (Å²) in [6.45, 7) is 6.68. The Morgan fingerprint density at radius 1 is 1.50 bits per heavy atom. The van der Waals surface area contributed by atoms with Crippen molar-refractivity contribution < 1.29 is 0 Å². The average Bonchev–Trinajstić information content (AvgIpc) is 2.82. The van der Waals surface area contributed by atoms with Crippen molar-refractivity contribution >= 4 is 0 Å². The summed E-state index contributed by atoms with van der Waals surface area (Å²) in [6.07, 6.45) is 8.02. The Bertz CT molecular complexity index is 337. The van der Waals surface area contributed by atoms with Crippen LogP contribution in [0.1, 0.15) is 38.9 Å². The molecule has 1 aliphatic carbocycles. The first-order chi connectivity index (χ1) is 7.61. The van der Waals surface area contributed by atoms with Gasteiger partial charge in [0.2, 0.25) is 0 Å². The average molecular weight is 221 g/mol. The van der Waals surface area contributed by atoms with Crippen LogP contribution >= 0.6 is 0 Å². The van der Waals surface area contributed by atoms with Gasteiger partial charge in [0.25, 0.3) is 0 Å². The molecular formula is C13H23N3. The van der Waals surface area contributed by atoms with Gasteiger partial charge in [0.1, 0.15) is 5.82 Å². The van der Waals surface area contributed by atoms with Crippen molar-refractivity contribution in [2.24, 2.45) is 18.4 Å². The molecule has 90 valence electrons. The molecule has 1 saturated carbocycles. The van der Waals surface area contributed by atoms with Crippen LogP contribution in [0.25, 0.3) is 0 Å². The van der Waals surface area contributed by atoms with E-state index in [1.165, 1.54) is 19.3 Å². The van der Waals surface area contributed by atoms with Crippen LogP contribution in [0, 0.1) is 11.3 Å². The lowest BCUT2D eigenvalue weighted by Gasteiger charge is -2.18. The summed E-state index contributed by atoms with van der Waals surface area (Å²) in [5.74, 6) is 1.94. The van der Waals surface area contributed by atoms with Gasteiger partial charge in [-0.25, -0.2) is 4.98 Å². The minimum atomic E-state index is 0.610. The quantitative estimate of drug-likeness (QED) is 0.799. The third-order valence-corrected chi connectivity index (χ3v) is 3.50. The molecule has 0 saturated heterocycles. The SMILES string of the molecule is CC(C)CC1(CNCc2nccn2C)CC1. The van der Waals surface area contributed by atoms with Crippen molar-refractivity contribution in [3.05, 3.63) is 18.2 Å². The van der Waals surface area contributed by atoms with Crippen molar-refractivity contribution in [2.45, 2.75) is 39.7 Å². The molecule has 1 aliphatic rings. The fourth-order valence-corrected chi connectivity index (χ4v) is 2.50. The van der Waals surface area contributed by atoms with E-state index in [2.05, 4.69) is 28.7 Å². The van der Waals surface area contributed by atoms with Gasteiger partial charge in [-0.1, -0.05) is 13.8 Å². The van der Waals surface area contributed by atoms with Crippen LogP contribution in [0.2, 0.25) is 0 Å². The van der Waals surface area contributed by atoms with E-state index in [0.717, 1.165) is 24.8 Å². The summed E-state index contributed by atoms with van der Waals surface area (Å²) in [4.78, 5) is 4.32. The molecule has 2 rings (SSSR count). The molecule has 0 bridgehead atoms. The van der Waals surface area contributed by atoms with Gasteiger partial charge < -0.3 is 9.88 Å². The largest absolute Gasteiger partial charge is 0.337 e. The first-order valence-corrected chi connectivity index (χ1v) is 6.28. The Morgan fingerprint density at radius 3 is 2.75 bits per heavy atom. The van der Waals surface area contributed by atoms with E-state index >= 15 is 0 Å². The van der Waals surface area contributed by atoms with Gasteiger partial charge >= 0.3 is 0 Å². The third kappa shape index (κ3) is 2.85. The van der Waals surface area contributed by atoms with Crippen molar-refractivity contribution in [1.82, 2.24) is 14.9 Å². The first kappa shape index (κ1) is 11.6. The predicted octanol–water partition coefficient (Wildman–Crippen LogP) is 2.34. The fraction of sp³-hybridized carbons (Fsp3) is 0.769. The van der Waals surface area contributed by atoms with Crippen LogP contribution in [0.5, 0.6) is 0 Å². The number of aromatic nitrogens is 2. The van der Waals surface area contributed by atoms with Gasteiger partial charge in [0.15, 0.2) is 0 Å². The van der Waals surface area contributed by atoms with Crippen LogP contribution in [0.15, 0.2) is 12.4 Å². The summed E-state index contributed by atoms with van der Waals surface area (Å²) in [5.41, 5.74) is 0.610. The van der Waals surface area contributed by atoms with Crippen LogP contribution in [0.3, 0.4) is 0 Å². The molecule has 1 aromatic rings. The predicted molar refractivity (Wildman–Crippen MR) is 66.0 cm³/mol. The summed E-state index contributed by atoms with van der Waals surface area (Å²) in [7, 11) is 2.05. The summed E-state index contributed by atoms with van der Waals surface area (Å²) < 4.78 is 2.08. The van der Waals surface area contributed by atoms with Crippen LogP contribution < -0.4 is 5.32 Å². The zero-order chi connectivity index (χ0) is 11.6. The second-order valence-corrected chi connectivity index (χ2v) is 5.66. The molecule has 16 heavy (non-hydrogen) atoms. The highest BCUT2D eigenvalue weighted by molar-refractivity contribution is 4.97. The lowest BCUT2D eigenvalue weighted by molar-refractivity contribution is 0.364. The number of nitrogens with zero attached hydrogens (tertiary/aromatic N) is 2. The Kier molecular flexibility index (Phi) is 3.33. The van der Waals surface area contributed by atoms with Gasteiger partial charge in [-0.05, 0) is 30.6 Å². The molecule has 0 aliphatic heterocycles. The number of rotatable bonds is 6.